The Balaban J connectivity index is 0. The molecule has 0 aliphatic rings. The van der Waals surface area contributed by atoms with Gasteiger partial charge in [0.05, 0.1) is 0 Å². The third-order valence-corrected chi connectivity index (χ3v) is 0. The zero-order chi connectivity index (χ0) is 5.58. The summed E-state index contributed by atoms with van der Waals surface area (Å²) in [4.78, 5) is 9.00. The van der Waals surface area contributed by atoms with Gasteiger partial charge in [-0.15, -0.1) is 0 Å². The molecule has 2 nitrogen and oxygen atoms in total. The van der Waals surface area contributed by atoms with Crippen molar-refractivity contribution < 1.29 is 27.0 Å². The summed E-state index contributed by atoms with van der Waals surface area (Å²) in [6, 6.07) is 0. The van der Waals surface area contributed by atoms with Gasteiger partial charge in [-0.25, -0.2) is 0 Å². The Labute approximate surface area is 50.9 Å². The average Bonchev–Trinajstić information content (AvgIpc) is 1.41. The Kier molecular flexibility index (Phi) is 14.6. The first kappa shape index (κ1) is 9.67. The first-order valence-corrected chi connectivity index (χ1v) is 5.43. The minimum absolute atomic E-state index is 0.833. The van der Waals surface area contributed by atoms with E-state index in [1.807, 2.05) is 0 Å². The van der Waals surface area contributed by atoms with Gasteiger partial charge in [0.1, 0.15) is 0 Å². The van der Waals surface area contributed by atoms with Crippen molar-refractivity contribution in [1.29, 1.82) is 0 Å². The number of carbonyl (C=O) groups is 1. The molecule has 0 aromatic rings. The van der Waals surface area contributed by atoms with Crippen LogP contribution in [0.5, 0.6) is 0 Å². The van der Waals surface area contributed by atoms with Crippen LogP contribution >= 0.6 is 10.6 Å². The molecular formula is C2H4O2SZn. The topological polar surface area (TPSA) is 37.3 Å². The molecule has 0 amide bonds. The van der Waals surface area contributed by atoms with E-state index in [1.54, 1.807) is 0 Å². The molecule has 32 valence electrons. The Morgan fingerprint density at radius 2 is 1.83 bits per heavy atom. The molecule has 0 heterocycles. The second-order valence-electron chi connectivity index (χ2n) is 0.519. The molecule has 0 unspecified atom stereocenters. The SMILES string of the molecule is CC(=O)O.[2S][Zn]. The molecule has 0 aliphatic carbocycles. The fraction of sp³-hybridized carbons (Fsp3) is 0.500. The zero-order valence-electron chi connectivity index (χ0n) is 3.47. The maximum absolute atomic E-state index is 9.00. The van der Waals surface area contributed by atoms with Crippen LogP contribution in [0.25, 0.3) is 0 Å². The average molecular weight is 127 g/mol. The van der Waals surface area contributed by atoms with Crippen molar-refractivity contribution in [2.75, 3.05) is 0 Å². The molecule has 0 saturated heterocycles. The van der Waals surface area contributed by atoms with E-state index in [2.05, 4.69) is 10.6 Å². The minimum atomic E-state index is -0.833. The summed E-state index contributed by atoms with van der Waals surface area (Å²) in [6.07, 6.45) is 0. The predicted molar refractivity (Wildman–Crippen MR) is 20.9 cm³/mol. The third-order valence-electron chi connectivity index (χ3n) is 0. The van der Waals surface area contributed by atoms with Crippen LogP contribution in [-0.2, 0) is 21.9 Å². The predicted octanol–water partition coefficient (Wildman–Crippen LogP) is 0.737. The van der Waals surface area contributed by atoms with Gasteiger partial charge in [-0.3, -0.25) is 4.79 Å². The van der Waals surface area contributed by atoms with E-state index < -0.39 is 5.97 Å². The Morgan fingerprint density at radius 3 is 1.83 bits per heavy atom. The molecule has 1 radical (unpaired) electrons. The molecule has 0 aromatic heterocycles. The van der Waals surface area contributed by atoms with E-state index in [1.165, 1.54) is 0 Å². The van der Waals surface area contributed by atoms with Crippen molar-refractivity contribution >= 4 is 16.6 Å². The summed E-state index contributed by atoms with van der Waals surface area (Å²) in [7, 11) is 4.21. The van der Waals surface area contributed by atoms with E-state index in [0.29, 0.717) is 0 Å². The number of aliphatic carboxylic acids is 1. The summed E-state index contributed by atoms with van der Waals surface area (Å²) in [5.74, 6) is -0.833. The maximum atomic E-state index is 9.00. The van der Waals surface area contributed by atoms with Gasteiger partial charge in [-0.05, 0) is 0 Å². The van der Waals surface area contributed by atoms with Crippen molar-refractivity contribution in [2.24, 2.45) is 0 Å². The summed E-state index contributed by atoms with van der Waals surface area (Å²) in [5, 5.41) is 7.42. The van der Waals surface area contributed by atoms with Gasteiger partial charge in [0, 0.05) is 6.92 Å². The van der Waals surface area contributed by atoms with Crippen LogP contribution < -0.4 is 0 Å². The van der Waals surface area contributed by atoms with Gasteiger partial charge in [0.15, 0.2) is 0 Å². The molecule has 0 fully saturated rings. The van der Waals surface area contributed by atoms with Crippen LogP contribution in [0.15, 0.2) is 0 Å². The van der Waals surface area contributed by atoms with Gasteiger partial charge < -0.3 is 5.11 Å². The molecule has 0 aromatic carbocycles. The number of hydrogen-bond donors (Lipinski definition) is 1. The molecule has 0 aliphatic heterocycles. The van der Waals surface area contributed by atoms with Gasteiger partial charge in [0.25, 0.3) is 5.97 Å². The summed E-state index contributed by atoms with van der Waals surface area (Å²) in [5.41, 5.74) is 0. The van der Waals surface area contributed by atoms with Crippen molar-refractivity contribution in [3.8, 4) is 0 Å². The number of hydrogen-bond acceptors (Lipinski definition) is 1. The molecule has 0 atom stereocenters. The molecular weight excluding hydrogens is 123 g/mol. The Bertz CT molecular complexity index is 34.5. The monoisotopic (exact) mass is 126 g/mol. The van der Waals surface area contributed by atoms with E-state index in [0.717, 1.165) is 24.0 Å². The summed E-state index contributed by atoms with van der Waals surface area (Å²) >= 11 is 0.958. The zero-order valence-corrected chi connectivity index (χ0v) is 7.25. The van der Waals surface area contributed by atoms with E-state index in [4.69, 9.17) is 9.90 Å². The van der Waals surface area contributed by atoms with Crippen LogP contribution in [0, 0.1) is 0 Å². The van der Waals surface area contributed by atoms with Crippen molar-refractivity contribution in [3.05, 3.63) is 0 Å². The number of carboxylic acid groups (broad SMARTS) is 1. The van der Waals surface area contributed by atoms with Crippen LogP contribution in [0.4, 0.5) is 0 Å². The first-order chi connectivity index (χ1) is 2.73. The van der Waals surface area contributed by atoms with Crippen LogP contribution in [0.1, 0.15) is 6.92 Å². The second kappa shape index (κ2) is 9.06. The Hall–Kier alpha value is 0.443. The van der Waals surface area contributed by atoms with E-state index in [-0.39, 0.29) is 0 Å². The summed E-state index contributed by atoms with van der Waals surface area (Å²) < 4.78 is 0. The third kappa shape index (κ3) is 268. The quantitative estimate of drug-likeness (QED) is 0.487. The van der Waals surface area contributed by atoms with E-state index >= 15 is 0 Å². The summed E-state index contributed by atoms with van der Waals surface area (Å²) in [6.45, 7) is 1.08. The number of rotatable bonds is 0. The number of carboxylic acids is 1. The standard InChI is InChI=1S/C2H4O2.S.Zn/c1-2(3)4;;/h1H3,(H,3,4);;/i;1-30;. The molecule has 1 N–H and O–H groups in total. The van der Waals surface area contributed by atoms with Crippen LogP contribution in [0.2, 0.25) is 0 Å². The second-order valence-corrected chi connectivity index (χ2v) is 0.519. The molecule has 0 spiro atoms. The van der Waals surface area contributed by atoms with Gasteiger partial charge in [-0.1, -0.05) is 0 Å². The van der Waals surface area contributed by atoms with Gasteiger partial charge in [-0.2, -0.15) is 0 Å². The Morgan fingerprint density at radius 1 is 1.83 bits per heavy atom. The molecule has 0 saturated carbocycles. The van der Waals surface area contributed by atoms with Gasteiger partial charge >= 0.3 is 27.7 Å². The fourth-order valence-electron chi connectivity index (χ4n) is 0. The first-order valence-electron chi connectivity index (χ1n) is 1.22. The molecule has 0 rings (SSSR count). The van der Waals surface area contributed by atoms with Crippen LogP contribution in [-0.4, -0.2) is 11.1 Å². The molecule has 4 heteroatoms. The van der Waals surface area contributed by atoms with Crippen molar-refractivity contribution in [3.63, 3.8) is 0 Å². The van der Waals surface area contributed by atoms with Crippen LogP contribution in [0.3, 0.4) is 0 Å². The normalized spacial score (nSPS) is 5.33. The van der Waals surface area contributed by atoms with Crippen molar-refractivity contribution in [1.82, 2.24) is 0 Å². The van der Waals surface area contributed by atoms with Crippen molar-refractivity contribution in [2.45, 2.75) is 6.92 Å². The molecule has 0 bridgehead atoms. The fourth-order valence-corrected chi connectivity index (χ4v) is 0. The van der Waals surface area contributed by atoms with Gasteiger partial charge in [0.2, 0.25) is 0 Å². The van der Waals surface area contributed by atoms with E-state index in [9.17, 15) is 0 Å². The molecule has 6 heavy (non-hydrogen) atoms.